The highest BCUT2D eigenvalue weighted by atomic mass is 19.1. The van der Waals surface area contributed by atoms with Gasteiger partial charge in [-0.05, 0) is 42.5 Å². The second-order valence-electron chi connectivity index (χ2n) is 7.96. The molecule has 0 amide bonds. The van der Waals surface area contributed by atoms with Crippen LogP contribution in [0.3, 0.4) is 0 Å². The van der Waals surface area contributed by atoms with Gasteiger partial charge < -0.3 is 31.4 Å². The van der Waals surface area contributed by atoms with Gasteiger partial charge in [-0.25, -0.2) is 14.2 Å². The van der Waals surface area contributed by atoms with Crippen molar-refractivity contribution in [1.82, 2.24) is 19.7 Å². The van der Waals surface area contributed by atoms with Gasteiger partial charge in [-0.1, -0.05) is 0 Å². The van der Waals surface area contributed by atoms with Gasteiger partial charge in [0.25, 0.3) is 5.97 Å². The highest BCUT2D eigenvalue weighted by Crippen LogP contribution is 2.34. The van der Waals surface area contributed by atoms with Crippen molar-refractivity contribution in [3.05, 3.63) is 88.0 Å². The van der Waals surface area contributed by atoms with Gasteiger partial charge in [-0.2, -0.15) is 4.68 Å². The van der Waals surface area contributed by atoms with Crippen molar-refractivity contribution < 1.29 is 23.8 Å². The number of amidine groups is 1. The van der Waals surface area contributed by atoms with E-state index in [1.54, 1.807) is 36.4 Å². The molecule has 204 valence electrons. The Balaban J connectivity index is 0.000000983. The lowest BCUT2D eigenvalue weighted by Crippen LogP contribution is -2.18. The summed E-state index contributed by atoms with van der Waals surface area (Å²) < 4.78 is 27.0. The Morgan fingerprint density at radius 2 is 1.87 bits per heavy atom. The van der Waals surface area contributed by atoms with Gasteiger partial charge in [0.1, 0.15) is 29.1 Å². The number of methoxy groups -OCH3 is 2. The molecule has 2 aromatic carbocycles. The van der Waals surface area contributed by atoms with E-state index in [1.807, 2.05) is 0 Å². The maximum atomic E-state index is 15.5. The van der Waals surface area contributed by atoms with Gasteiger partial charge in [-0.15, -0.1) is 5.10 Å². The molecule has 1 unspecified atom stereocenters. The van der Waals surface area contributed by atoms with E-state index in [0.717, 1.165) is 11.6 Å². The van der Waals surface area contributed by atoms with Gasteiger partial charge in [0.15, 0.2) is 17.4 Å². The van der Waals surface area contributed by atoms with Crippen molar-refractivity contribution in [1.29, 1.82) is 5.41 Å². The van der Waals surface area contributed by atoms with Gasteiger partial charge in [0, 0.05) is 36.0 Å². The van der Waals surface area contributed by atoms with Crippen molar-refractivity contribution in [2.45, 2.75) is 13.0 Å². The number of aromatic nitrogens is 4. The summed E-state index contributed by atoms with van der Waals surface area (Å²) in [5.74, 6) is -1.09. The molecule has 2 aromatic heterocycles. The quantitative estimate of drug-likeness (QED) is 0.142. The average Bonchev–Trinajstić information content (AvgIpc) is 3.28. The monoisotopic (exact) mass is 538 g/mol. The van der Waals surface area contributed by atoms with E-state index in [-0.39, 0.29) is 34.5 Å². The number of pyridine rings is 1. The van der Waals surface area contributed by atoms with Crippen molar-refractivity contribution >= 4 is 23.3 Å². The highest BCUT2D eigenvalue weighted by molar-refractivity contribution is 5.95. The van der Waals surface area contributed by atoms with E-state index in [9.17, 15) is 4.79 Å². The second kappa shape index (κ2) is 12.2. The number of nitrogens with zero attached hydrogens (tertiary/aromatic N) is 3. The smallest absolute Gasteiger partial charge is 0.348 e. The van der Waals surface area contributed by atoms with Crippen LogP contribution in [0.5, 0.6) is 11.5 Å². The molecule has 0 saturated carbocycles. The van der Waals surface area contributed by atoms with Crippen LogP contribution in [0, 0.1) is 11.2 Å². The molecule has 0 bridgehead atoms. The number of anilines is 2. The van der Waals surface area contributed by atoms with Crippen LogP contribution in [0.15, 0.2) is 59.5 Å². The molecule has 0 saturated heterocycles. The predicted octanol–water partition coefficient (Wildman–Crippen LogP) is 2.27. The SMILES string of the molecule is CC(=O)O.COc1cc(OC)c(F)c(C(Nc2ccc(C(=N)N)cc2)c2nn(-c3cccnc3N)c(=O)[nH]2)c1. The molecule has 0 spiro atoms. The number of ether oxygens (including phenoxy) is 2. The molecule has 1 atom stereocenters. The predicted molar refractivity (Wildman–Crippen MR) is 142 cm³/mol. The summed E-state index contributed by atoms with van der Waals surface area (Å²) in [7, 11) is 2.79. The molecule has 2 heterocycles. The van der Waals surface area contributed by atoms with Gasteiger partial charge in [0.2, 0.25) is 0 Å². The minimum atomic E-state index is -0.978. The van der Waals surface area contributed by atoms with E-state index in [2.05, 4.69) is 20.4 Å². The zero-order valence-electron chi connectivity index (χ0n) is 21.2. The molecule has 0 fully saturated rings. The third-order valence-electron chi connectivity index (χ3n) is 5.27. The van der Waals surface area contributed by atoms with Crippen LogP contribution >= 0.6 is 0 Å². The first-order chi connectivity index (χ1) is 18.5. The summed E-state index contributed by atoms with van der Waals surface area (Å²) in [4.78, 5) is 28.4. The fourth-order valence-electron chi connectivity index (χ4n) is 3.50. The van der Waals surface area contributed by atoms with E-state index >= 15 is 4.39 Å². The number of H-pyrrole nitrogens is 1. The number of hydrogen-bond acceptors (Lipinski definition) is 9. The Hall–Kier alpha value is -5.40. The lowest BCUT2D eigenvalue weighted by Gasteiger charge is -2.21. The van der Waals surface area contributed by atoms with Crippen LogP contribution in [0.25, 0.3) is 5.69 Å². The topological polar surface area (TPSA) is 207 Å². The van der Waals surface area contributed by atoms with Crippen LogP contribution in [0.4, 0.5) is 15.9 Å². The number of aromatic amines is 1. The van der Waals surface area contributed by atoms with Crippen molar-refractivity contribution in [3.8, 4) is 17.2 Å². The van der Waals surface area contributed by atoms with E-state index < -0.39 is 23.5 Å². The fourth-order valence-corrected chi connectivity index (χ4v) is 3.50. The number of carbonyl (C=O) groups is 1. The molecule has 4 rings (SSSR count). The number of nitrogen functional groups attached to an aromatic ring is 2. The summed E-state index contributed by atoms with van der Waals surface area (Å²) in [5, 5.41) is 22.5. The Morgan fingerprint density at radius 3 is 2.44 bits per heavy atom. The number of halogens is 1. The zero-order valence-corrected chi connectivity index (χ0v) is 21.2. The first kappa shape index (κ1) is 28.2. The third kappa shape index (κ3) is 6.68. The molecular formula is C25H27FN8O5. The number of nitrogens with one attached hydrogen (secondary N) is 3. The van der Waals surface area contributed by atoms with Crippen molar-refractivity contribution in [3.63, 3.8) is 0 Å². The van der Waals surface area contributed by atoms with Crippen LogP contribution in [0.2, 0.25) is 0 Å². The van der Waals surface area contributed by atoms with E-state index in [4.69, 9.17) is 36.3 Å². The molecule has 0 aliphatic carbocycles. The number of nitrogens with two attached hydrogens (primary N) is 2. The zero-order chi connectivity index (χ0) is 28.7. The highest BCUT2D eigenvalue weighted by Gasteiger charge is 2.26. The molecule has 14 heteroatoms. The summed E-state index contributed by atoms with van der Waals surface area (Å²) in [5.41, 5.74) is 12.3. The number of benzene rings is 2. The second-order valence-corrected chi connectivity index (χ2v) is 7.96. The molecule has 39 heavy (non-hydrogen) atoms. The summed E-state index contributed by atoms with van der Waals surface area (Å²) in [6.45, 7) is 1.08. The number of aliphatic carboxylic acids is 1. The summed E-state index contributed by atoms with van der Waals surface area (Å²) in [6.07, 6.45) is 1.49. The molecule has 0 radical (unpaired) electrons. The van der Waals surface area contributed by atoms with Crippen LogP contribution in [-0.4, -0.2) is 50.9 Å². The molecule has 13 nitrogen and oxygen atoms in total. The Bertz CT molecular complexity index is 1530. The van der Waals surface area contributed by atoms with E-state index in [1.165, 1.54) is 32.5 Å². The lowest BCUT2D eigenvalue weighted by atomic mass is 10.0. The number of carboxylic acid groups (broad SMARTS) is 1. The van der Waals surface area contributed by atoms with E-state index in [0.29, 0.717) is 17.0 Å². The van der Waals surface area contributed by atoms with Gasteiger partial charge in [-0.3, -0.25) is 15.2 Å². The van der Waals surface area contributed by atoms with Crippen molar-refractivity contribution in [2.75, 3.05) is 25.3 Å². The number of hydrogen-bond donors (Lipinski definition) is 6. The Labute approximate surface area is 221 Å². The Morgan fingerprint density at radius 1 is 1.21 bits per heavy atom. The normalized spacial score (nSPS) is 11.1. The van der Waals surface area contributed by atoms with Crippen LogP contribution in [0.1, 0.15) is 29.9 Å². The average molecular weight is 539 g/mol. The Kier molecular flexibility index (Phi) is 8.83. The largest absolute Gasteiger partial charge is 0.497 e. The van der Waals surface area contributed by atoms with Crippen LogP contribution < -0.4 is 31.9 Å². The maximum absolute atomic E-state index is 15.5. The lowest BCUT2D eigenvalue weighted by molar-refractivity contribution is -0.134. The number of rotatable bonds is 8. The van der Waals surface area contributed by atoms with Crippen LogP contribution in [-0.2, 0) is 4.79 Å². The minimum Gasteiger partial charge on any atom is -0.497 e. The maximum Gasteiger partial charge on any atom is 0.348 e. The van der Waals surface area contributed by atoms with Gasteiger partial charge in [0.05, 0.1) is 14.2 Å². The fraction of sp³-hybridized carbons (Fsp3) is 0.160. The summed E-state index contributed by atoms with van der Waals surface area (Å²) >= 11 is 0. The summed E-state index contributed by atoms with van der Waals surface area (Å²) in [6, 6.07) is 11.8. The standard InChI is InChI=1S/C23H23FN8O3.C2H4O2/c1-34-14-10-15(18(24)17(11-14)35-2)19(29-13-7-5-12(6-8-13)20(25)26)22-30-23(33)32(31-22)16-4-3-9-28-21(16)27;1-2(3)4/h3-11,19,29H,1-2H3,(H3,25,26)(H2,27,28)(H,30,31,33);1H3,(H,3,4). The minimum absolute atomic E-state index is 0.0450. The first-order valence-electron chi connectivity index (χ1n) is 11.3. The molecule has 0 aliphatic heterocycles. The molecule has 4 aromatic rings. The molecular weight excluding hydrogens is 511 g/mol. The number of carboxylic acids is 1. The van der Waals surface area contributed by atoms with Crippen molar-refractivity contribution in [2.24, 2.45) is 5.73 Å². The van der Waals surface area contributed by atoms with Gasteiger partial charge >= 0.3 is 5.69 Å². The third-order valence-corrected chi connectivity index (χ3v) is 5.27. The molecule has 8 N–H and O–H groups in total. The first-order valence-corrected chi connectivity index (χ1v) is 11.3. The molecule has 0 aliphatic rings.